The van der Waals surface area contributed by atoms with Crippen LogP contribution in [0.2, 0.25) is 0 Å². The summed E-state index contributed by atoms with van der Waals surface area (Å²) in [5.74, 6) is 0.122. The smallest absolute Gasteiger partial charge is 0.257 e. The first-order valence-corrected chi connectivity index (χ1v) is 15.2. The number of aromatic nitrogens is 3. The quantitative estimate of drug-likeness (QED) is 0.183. The van der Waals surface area contributed by atoms with Gasteiger partial charge in [0, 0.05) is 49.8 Å². The fraction of sp³-hybridized carbons (Fsp3) is 0.424. The number of amides is 1. The SMILES string of the molecule is C=CC(=O)N(c1ccc2c(=O)cc(N3CCOCC3)oc2c1)c1ncc2cc(C(C)=O)n(C3CCCC3)c2n1.CC.CC. The molecule has 228 valence electrons. The maximum atomic E-state index is 13.2. The van der Waals surface area contributed by atoms with Crippen molar-refractivity contribution in [3.8, 4) is 0 Å². The standard InChI is InChI=1S/C29H29N5O5.2C2H6/c1-3-26(37)34(21-8-9-22-24(36)16-27(39-25(22)15-21)32-10-12-38-13-11-32)29-30-17-19-14-23(18(2)35)33(28(19)31-29)20-6-4-5-7-20;2*1-2/h3,8-9,14-17,20H,1,4-7,10-13H2,2H3;2*1-2H3. The molecular weight excluding hydrogens is 546 g/mol. The normalized spacial score (nSPS) is 15.0. The molecule has 0 atom stereocenters. The van der Waals surface area contributed by atoms with Gasteiger partial charge >= 0.3 is 0 Å². The van der Waals surface area contributed by atoms with Gasteiger partial charge in [-0.05, 0) is 37.1 Å². The van der Waals surface area contributed by atoms with Crippen LogP contribution in [0.3, 0.4) is 0 Å². The molecule has 10 heteroatoms. The Bertz CT molecular complexity index is 1660. The molecule has 2 aliphatic rings. The molecule has 0 unspecified atom stereocenters. The monoisotopic (exact) mass is 587 g/mol. The van der Waals surface area contributed by atoms with Crippen molar-refractivity contribution in [2.45, 2.75) is 66.3 Å². The van der Waals surface area contributed by atoms with Crippen LogP contribution < -0.4 is 15.2 Å². The third-order valence-corrected chi connectivity index (χ3v) is 7.49. The van der Waals surface area contributed by atoms with Gasteiger partial charge in [0.2, 0.25) is 5.95 Å². The number of nitrogens with zero attached hydrogens (tertiary/aromatic N) is 5. The molecule has 2 fully saturated rings. The van der Waals surface area contributed by atoms with Gasteiger partial charge in [-0.15, -0.1) is 0 Å². The van der Waals surface area contributed by atoms with Gasteiger partial charge < -0.3 is 18.6 Å². The summed E-state index contributed by atoms with van der Waals surface area (Å²) in [6, 6.07) is 8.42. The first kappa shape index (κ1) is 31.6. The number of ketones is 1. The number of carbonyl (C=O) groups excluding carboxylic acids is 2. The molecule has 1 aliphatic carbocycles. The largest absolute Gasteiger partial charge is 0.440 e. The summed E-state index contributed by atoms with van der Waals surface area (Å²) in [5, 5.41) is 1.14. The van der Waals surface area contributed by atoms with E-state index in [1.165, 1.54) is 17.0 Å². The van der Waals surface area contributed by atoms with Crippen LogP contribution in [0, 0.1) is 0 Å². The van der Waals surface area contributed by atoms with Crippen molar-refractivity contribution in [2.24, 2.45) is 0 Å². The minimum absolute atomic E-state index is 0.0406. The lowest BCUT2D eigenvalue weighted by Crippen LogP contribution is -2.36. The van der Waals surface area contributed by atoms with Gasteiger partial charge in [0.1, 0.15) is 11.2 Å². The molecule has 1 saturated heterocycles. The molecule has 0 spiro atoms. The summed E-state index contributed by atoms with van der Waals surface area (Å²) in [5.41, 5.74) is 1.81. The zero-order valence-corrected chi connectivity index (χ0v) is 25.8. The van der Waals surface area contributed by atoms with Crippen LogP contribution >= 0.6 is 0 Å². The van der Waals surface area contributed by atoms with E-state index in [1.807, 2.05) is 43.2 Å². The van der Waals surface area contributed by atoms with E-state index in [4.69, 9.17) is 14.1 Å². The number of hydrogen-bond acceptors (Lipinski definition) is 8. The fourth-order valence-corrected chi connectivity index (χ4v) is 5.55. The van der Waals surface area contributed by atoms with Crippen LogP contribution in [-0.2, 0) is 9.53 Å². The van der Waals surface area contributed by atoms with Gasteiger partial charge in [-0.3, -0.25) is 14.4 Å². The highest BCUT2D eigenvalue weighted by Crippen LogP contribution is 2.36. The van der Waals surface area contributed by atoms with Gasteiger partial charge in [0.25, 0.3) is 5.91 Å². The summed E-state index contributed by atoms with van der Waals surface area (Å²) in [7, 11) is 0. The van der Waals surface area contributed by atoms with Crippen molar-refractivity contribution < 1.29 is 18.7 Å². The average Bonchev–Trinajstić information content (AvgIpc) is 3.71. The van der Waals surface area contributed by atoms with Crippen LogP contribution in [-0.4, -0.2) is 52.5 Å². The fourth-order valence-electron chi connectivity index (χ4n) is 5.55. The summed E-state index contributed by atoms with van der Waals surface area (Å²) in [6.45, 7) is 15.6. The van der Waals surface area contributed by atoms with Gasteiger partial charge in [-0.25, -0.2) is 9.88 Å². The van der Waals surface area contributed by atoms with Gasteiger partial charge in [-0.2, -0.15) is 4.98 Å². The highest BCUT2D eigenvalue weighted by Gasteiger charge is 2.27. The number of anilines is 3. The predicted octanol–water partition coefficient (Wildman–Crippen LogP) is 6.60. The molecule has 3 aromatic heterocycles. The highest BCUT2D eigenvalue weighted by atomic mass is 16.5. The Labute approximate surface area is 252 Å². The first-order valence-electron chi connectivity index (χ1n) is 15.2. The Morgan fingerprint density at radius 1 is 1.05 bits per heavy atom. The van der Waals surface area contributed by atoms with Crippen molar-refractivity contribution in [1.29, 1.82) is 0 Å². The molecule has 1 saturated carbocycles. The van der Waals surface area contributed by atoms with E-state index in [1.54, 1.807) is 31.3 Å². The van der Waals surface area contributed by atoms with Crippen molar-refractivity contribution in [3.05, 3.63) is 65.1 Å². The second-order valence-corrected chi connectivity index (χ2v) is 9.95. The van der Waals surface area contributed by atoms with Crippen molar-refractivity contribution in [2.75, 3.05) is 36.1 Å². The first-order chi connectivity index (χ1) is 20.9. The predicted molar refractivity (Wildman–Crippen MR) is 171 cm³/mol. The molecule has 10 nitrogen and oxygen atoms in total. The van der Waals surface area contributed by atoms with E-state index in [0.717, 1.165) is 31.1 Å². The number of morpholine rings is 1. The van der Waals surface area contributed by atoms with Crippen molar-refractivity contribution in [3.63, 3.8) is 0 Å². The number of ether oxygens (including phenoxy) is 1. The molecule has 43 heavy (non-hydrogen) atoms. The second kappa shape index (κ2) is 14.2. The minimum atomic E-state index is -0.439. The Kier molecular flexibility index (Phi) is 10.5. The second-order valence-electron chi connectivity index (χ2n) is 9.95. The van der Waals surface area contributed by atoms with Gasteiger partial charge in [-0.1, -0.05) is 47.1 Å². The van der Waals surface area contributed by atoms with Crippen molar-refractivity contribution in [1.82, 2.24) is 14.5 Å². The number of fused-ring (bicyclic) bond motifs is 2. The molecule has 1 amide bonds. The lowest BCUT2D eigenvalue weighted by Gasteiger charge is -2.27. The molecule has 0 radical (unpaired) electrons. The number of rotatable bonds is 6. The number of carbonyl (C=O) groups is 2. The number of Topliss-reactive ketones (excluding diaryl/α,β-unsaturated/α-hetero) is 1. The Hall–Kier alpha value is -4.31. The average molecular weight is 588 g/mol. The molecule has 1 aliphatic heterocycles. The van der Waals surface area contributed by atoms with E-state index in [-0.39, 0.29) is 23.2 Å². The zero-order valence-electron chi connectivity index (χ0n) is 25.8. The maximum absolute atomic E-state index is 13.2. The summed E-state index contributed by atoms with van der Waals surface area (Å²) < 4.78 is 13.5. The summed E-state index contributed by atoms with van der Waals surface area (Å²) >= 11 is 0. The van der Waals surface area contributed by atoms with E-state index >= 15 is 0 Å². The molecule has 6 rings (SSSR count). The Morgan fingerprint density at radius 3 is 2.40 bits per heavy atom. The Morgan fingerprint density at radius 2 is 1.74 bits per heavy atom. The van der Waals surface area contributed by atoms with Crippen LogP contribution in [0.1, 0.15) is 76.8 Å². The number of hydrogen-bond donors (Lipinski definition) is 0. The molecule has 0 bridgehead atoms. The molecule has 0 N–H and O–H groups in total. The van der Waals surface area contributed by atoms with Crippen molar-refractivity contribution >= 4 is 51.2 Å². The van der Waals surface area contributed by atoms with Gasteiger partial charge in [0.05, 0.1) is 30.0 Å². The summed E-state index contributed by atoms with van der Waals surface area (Å²) in [6.07, 6.45) is 6.94. The number of benzene rings is 1. The maximum Gasteiger partial charge on any atom is 0.257 e. The topological polar surface area (TPSA) is 111 Å². The lowest BCUT2D eigenvalue weighted by atomic mass is 10.2. The van der Waals surface area contributed by atoms with E-state index < -0.39 is 5.91 Å². The summed E-state index contributed by atoms with van der Waals surface area (Å²) in [4.78, 5) is 51.1. The molecule has 1 aromatic carbocycles. The molecular formula is C33H41N5O5. The van der Waals surface area contributed by atoms with E-state index in [2.05, 4.69) is 11.6 Å². The van der Waals surface area contributed by atoms with E-state index in [9.17, 15) is 14.4 Å². The van der Waals surface area contributed by atoms with Crippen LogP contribution in [0.15, 0.2) is 58.4 Å². The Balaban J connectivity index is 0.00000102. The minimum Gasteiger partial charge on any atom is -0.440 e. The lowest BCUT2D eigenvalue weighted by molar-refractivity contribution is -0.113. The zero-order chi connectivity index (χ0) is 31.1. The van der Waals surface area contributed by atoms with Gasteiger partial charge in [0.15, 0.2) is 17.1 Å². The van der Waals surface area contributed by atoms with Crippen LogP contribution in [0.25, 0.3) is 22.0 Å². The molecule has 4 heterocycles. The third-order valence-electron chi connectivity index (χ3n) is 7.49. The van der Waals surface area contributed by atoms with Crippen LogP contribution in [0.4, 0.5) is 17.5 Å². The molecule has 4 aromatic rings. The van der Waals surface area contributed by atoms with Crippen LogP contribution in [0.5, 0.6) is 0 Å². The third kappa shape index (κ3) is 6.39. The highest BCUT2D eigenvalue weighted by molar-refractivity contribution is 6.07. The van der Waals surface area contributed by atoms with E-state index in [0.29, 0.717) is 60.2 Å².